The predicted molar refractivity (Wildman–Crippen MR) is 62.1 cm³/mol. The van der Waals surface area contributed by atoms with Crippen LogP contribution in [0.2, 0.25) is 0 Å². The Labute approximate surface area is 101 Å². The van der Waals surface area contributed by atoms with Crippen LogP contribution in [0.25, 0.3) is 0 Å². The number of hydrogen-bond acceptors (Lipinski definition) is 6. The normalized spacial score (nSPS) is 23.1. The zero-order valence-corrected chi connectivity index (χ0v) is 10.2. The van der Waals surface area contributed by atoms with E-state index >= 15 is 0 Å². The van der Waals surface area contributed by atoms with Crippen LogP contribution in [0.4, 0.5) is 0 Å². The van der Waals surface area contributed by atoms with Crippen molar-refractivity contribution < 1.29 is 14.3 Å². The van der Waals surface area contributed by atoms with Crippen LogP contribution in [0.5, 0.6) is 0 Å². The Morgan fingerprint density at radius 2 is 2.12 bits per heavy atom. The fraction of sp³-hybridized carbons (Fsp3) is 0.636. The number of allylic oxidation sites excluding steroid dienone is 1. The summed E-state index contributed by atoms with van der Waals surface area (Å²) in [4.78, 5) is 22.8. The lowest BCUT2D eigenvalue weighted by atomic mass is 10.1. The molecule has 2 atom stereocenters. The van der Waals surface area contributed by atoms with Crippen LogP contribution < -0.4 is 11.6 Å². The molecule has 0 aliphatic heterocycles. The van der Waals surface area contributed by atoms with Gasteiger partial charge in [-0.3, -0.25) is 9.59 Å². The van der Waals surface area contributed by atoms with E-state index in [0.717, 1.165) is 0 Å². The molecule has 17 heavy (non-hydrogen) atoms. The molecule has 0 aromatic carbocycles. The summed E-state index contributed by atoms with van der Waals surface area (Å²) in [6.45, 7) is 2.00. The quantitative estimate of drug-likeness (QED) is 0.288. The van der Waals surface area contributed by atoms with Crippen LogP contribution in [-0.4, -0.2) is 30.4 Å². The number of carbonyl (C=O) groups excluding carboxylic acids is 2. The first-order chi connectivity index (χ1) is 7.95. The summed E-state index contributed by atoms with van der Waals surface area (Å²) in [6.07, 6.45) is 2.11. The number of ketones is 1. The monoisotopic (exact) mass is 241 g/mol. The number of Topliss-reactive ketones (excluding diaryl/α,β-unsaturated/α-hetero) is 1. The molecule has 6 nitrogen and oxygen atoms in total. The number of nitrogens with two attached hydrogens (primary N) is 2. The Kier molecular flexibility index (Phi) is 4.51. The van der Waals surface area contributed by atoms with E-state index in [1.165, 1.54) is 5.01 Å². The number of esters is 1. The maximum atomic E-state index is 11.7. The van der Waals surface area contributed by atoms with Crippen molar-refractivity contribution in [1.82, 2.24) is 5.01 Å². The SMILES string of the molecule is CCOC(=O)CC(=O)C1CC1/C(N)=C/N(C)N. The van der Waals surface area contributed by atoms with Gasteiger partial charge in [-0.25, -0.2) is 5.84 Å². The Bertz CT molecular complexity index is 339. The lowest BCUT2D eigenvalue weighted by Gasteiger charge is -2.07. The Morgan fingerprint density at radius 1 is 1.47 bits per heavy atom. The summed E-state index contributed by atoms with van der Waals surface area (Å²) in [5, 5.41) is 1.35. The number of hydrazine groups is 1. The Hall–Kier alpha value is -1.56. The number of rotatable bonds is 6. The second kappa shape index (κ2) is 5.67. The molecule has 96 valence electrons. The zero-order valence-electron chi connectivity index (χ0n) is 10.2. The van der Waals surface area contributed by atoms with Gasteiger partial charge in [0, 0.05) is 30.8 Å². The largest absolute Gasteiger partial charge is 0.466 e. The van der Waals surface area contributed by atoms with Crippen molar-refractivity contribution in [2.45, 2.75) is 19.8 Å². The summed E-state index contributed by atoms with van der Waals surface area (Å²) in [7, 11) is 1.66. The Balaban J connectivity index is 2.41. The highest BCUT2D eigenvalue weighted by Crippen LogP contribution is 2.43. The van der Waals surface area contributed by atoms with E-state index in [-0.39, 0.29) is 24.0 Å². The molecule has 4 N–H and O–H groups in total. The number of carbonyl (C=O) groups is 2. The molecular weight excluding hydrogens is 222 g/mol. The van der Waals surface area contributed by atoms with Gasteiger partial charge in [-0.1, -0.05) is 0 Å². The lowest BCUT2D eigenvalue weighted by molar-refractivity contribution is -0.145. The van der Waals surface area contributed by atoms with E-state index in [2.05, 4.69) is 0 Å². The molecule has 6 heteroatoms. The van der Waals surface area contributed by atoms with Crippen molar-refractivity contribution in [3.63, 3.8) is 0 Å². The average Bonchev–Trinajstić information content (AvgIpc) is 2.95. The molecule has 0 radical (unpaired) electrons. The topological polar surface area (TPSA) is 98.6 Å². The summed E-state index contributed by atoms with van der Waals surface area (Å²) in [5.74, 6) is 4.70. The van der Waals surface area contributed by atoms with Crippen molar-refractivity contribution in [3.05, 3.63) is 11.9 Å². The third-order valence-corrected chi connectivity index (χ3v) is 2.61. The van der Waals surface area contributed by atoms with Gasteiger partial charge in [-0.15, -0.1) is 0 Å². The molecular formula is C11H19N3O3. The molecule has 0 spiro atoms. The lowest BCUT2D eigenvalue weighted by Crippen LogP contribution is -2.22. The van der Waals surface area contributed by atoms with Gasteiger partial charge in [0.05, 0.1) is 6.61 Å². The van der Waals surface area contributed by atoms with E-state index in [1.807, 2.05) is 0 Å². The molecule has 1 saturated carbocycles. The van der Waals surface area contributed by atoms with Crippen molar-refractivity contribution in [2.75, 3.05) is 13.7 Å². The summed E-state index contributed by atoms with van der Waals surface area (Å²) in [5.41, 5.74) is 6.35. The minimum absolute atomic E-state index is 0.0166. The molecule has 1 rings (SSSR count). The number of nitrogens with zero attached hydrogens (tertiary/aromatic N) is 1. The van der Waals surface area contributed by atoms with E-state index in [4.69, 9.17) is 16.3 Å². The van der Waals surface area contributed by atoms with Gasteiger partial charge < -0.3 is 15.5 Å². The summed E-state index contributed by atoms with van der Waals surface area (Å²) >= 11 is 0. The first kappa shape index (κ1) is 13.5. The molecule has 0 bridgehead atoms. The molecule has 0 aromatic heterocycles. The maximum absolute atomic E-state index is 11.7. The smallest absolute Gasteiger partial charge is 0.313 e. The summed E-state index contributed by atoms with van der Waals surface area (Å²) in [6, 6.07) is 0. The van der Waals surface area contributed by atoms with Crippen molar-refractivity contribution in [3.8, 4) is 0 Å². The molecule has 0 heterocycles. The first-order valence-corrected chi connectivity index (χ1v) is 5.58. The predicted octanol–water partition coefficient (Wildman–Crippen LogP) is -0.250. The van der Waals surface area contributed by atoms with Crippen molar-refractivity contribution >= 4 is 11.8 Å². The summed E-state index contributed by atoms with van der Waals surface area (Å²) < 4.78 is 4.72. The van der Waals surface area contributed by atoms with Crippen LogP contribution in [0.1, 0.15) is 19.8 Å². The van der Waals surface area contributed by atoms with Gasteiger partial charge in [0.15, 0.2) is 0 Å². The number of hydrogen-bond donors (Lipinski definition) is 2. The fourth-order valence-electron chi connectivity index (χ4n) is 1.74. The number of ether oxygens (including phenoxy) is 1. The van der Waals surface area contributed by atoms with Crippen LogP contribution in [-0.2, 0) is 14.3 Å². The van der Waals surface area contributed by atoms with Crippen molar-refractivity contribution in [1.29, 1.82) is 0 Å². The Morgan fingerprint density at radius 3 is 2.65 bits per heavy atom. The highest BCUT2D eigenvalue weighted by molar-refractivity contribution is 5.98. The zero-order chi connectivity index (χ0) is 13.0. The van der Waals surface area contributed by atoms with Crippen LogP contribution in [0.15, 0.2) is 11.9 Å². The van der Waals surface area contributed by atoms with E-state index in [0.29, 0.717) is 18.7 Å². The minimum atomic E-state index is -0.471. The fourth-order valence-corrected chi connectivity index (χ4v) is 1.74. The van der Waals surface area contributed by atoms with E-state index in [9.17, 15) is 9.59 Å². The van der Waals surface area contributed by atoms with Gasteiger partial charge in [0.1, 0.15) is 12.2 Å². The van der Waals surface area contributed by atoms with Gasteiger partial charge in [-0.05, 0) is 13.3 Å². The van der Waals surface area contributed by atoms with Gasteiger partial charge in [0.25, 0.3) is 0 Å². The third kappa shape index (κ3) is 4.07. The van der Waals surface area contributed by atoms with Gasteiger partial charge in [0.2, 0.25) is 0 Å². The average molecular weight is 241 g/mol. The first-order valence-electron chi connectivity index (χ1n) is 5.58. The van der Waals surface area contributed by atoms with Gasteiger partial charge >= 0.3 is 5.97 Å². The third-order valence-electron chi connectivity index (χ3n) is 2.61. The van der Waals surface area contributed by atoms with Gasteiger partial charge in [-0.2, -0.15) is 0 Å². The highest BCUT2D eigenvalue weighted by Gasteiger charge is 2.44. The molecule has 0 amide bonds. The minimum Gasteiger partial charge on any atom is -0.466 e. The van der Waals surface area contributed by atoms with Crippen LogP contribution in [0, 0.1) is 11.8 Å². The second-order valence-electron chi connectivity index (χ2n) is 4.19. The maximum Gasteiger partial charge on any atom is 0.313 e. The molecule has 0 aromatic rings. The molecule has 2 unspecified atom stereocenters. The molecule has 0 saturated heterocycles. The van der Waals surface area contributed by atoms with Crippen LogP contribution >= 0.6 is 0 Å². The van der Waals surface area contributed by atoms with E-state index in [1.54, 1.807) is 20.2 Å². The molecule has 1 aliphatic rings. The van der Waals surface area contributed by atoms with Crippen molar-refractivity contribution in [2.24, 2.45) is 23.4 Å². The van der Waals surface area contributed by atoms with E-state index < -0.39 is 5.97 Å². The molecule has 1 fully saturated rings. The molecule has 1 aliphatic carbocycles. The standard InChI is InChI=1S/C11H19N3O3/c1-3-17-11(16)5-10(15)8-4-7(8)9(12)6-14(2)13/h6-8H,3-5,12-13H2,1-2H3/b9-6-. The second-order valence-corrected chi connectivity index (χ2v) is 4.19. The highest BCUT2D eigenvalue weighted by atomic mass is 16.5. The van der Waals surface area contributed by atoms with Crippen LogP contribution in [0.3, 0.4) is 0 Å².